The Bertz CT molecular complexity index is 350. The largest absolute Gasteiger partial charge is 0.396 e. The maximum Gasteiger partial charge on any atom is 0.0431 e. The van der Waals surface area contributed by atoms with Gasteiger partial charge in [-0.15, -0.1) is 0 Å². The zero-order valence-corrected chi connectivity index (χ0v) is 18.1. The van der Waals surface area contributed by atoms with Gasteiger partial charge in [-0.05, 0) is 12.0 Å². The Morgan fingerprint density at radius 1 is 0.593 bits per heavy atom. The van der Waals surface area contributed by atoms with Gasteiger partial charge in [0.1, 0.15) is 0 Å². The van der Waals surface area contributed by atoms with E-state index >= 15 is 0 Å². The van der Waals surface area contributed by atoms with E-state index in [1.807, 2.05) is 30.3 Å². The summed E-state index contributed by atoms with van der Waals surface area (Å²) in [6, 6.07) is 9.99. The van der Waals surface area contributed by atoms with Crippen LogP contribution in [0.5, 0.6) is 0 Å². The first-order valence-corrected chi connectivity index (χ1v) is 11.7. The van der Waals surface area contributed by atoms with Crippen LogP contribution in [0.1, 0.15) is 115 Å². The molecule has 0 aliphatic rings. The highest BCUT2D eigenvalue weighted by atomic mass is 16.2. The molecule has 0 radical (unpaired) electrons. The predicted molar refractivity (Wildman–Crippen MR) is 121 cm³/mol. The van der Waals surface area contributed by atoms with Crippen molar-refractivity contribution in [3.05, 3.63) is 35.9 Å². The summed E-state index contributed by atoms with van der Waals surface area (Å²) in [4.78, 5) is 0. The quantitative estimate of drug-likeness (QED) is 0.278. The smallest absolute Gasteiger partial charge is 0.0431 e. The van der Waals surface area contributed by atoms with Crippen LogP contribution < -0.4 is 5.73 Å². The van der Waals surface area contributed by atoms with Crippen LogP contribution in [0, 0.1) is 0 Å². The third-order valence-corrected chi connectivity index (χ3v) is 5.09. The van der Waals surface area contributed by atoms with Crippen LogP contribution in [0.4, 0.5) is 0 Å². The first-order valence-electron chi connectivity index (χ1n) is 11.7. The molecule has 0 unspecified atom stereocenters. The Balaban J connectivity index is 0.000000694. The molecular weight excluding hydrogens is 330 g/mol. The maximum absolute atomic E-state index is 8.67. The van der Waals surface area contributed by atoms with E-state index in [0.29, 0.717) is 13.2 Å². The van der Waals surface area contributed by atoms with E-state index < -0.39 is 0 Å². The summed E-state index contributed by atoms with van der Waals surface area (Å²) >= 11 is 0. The van der Waals surface area contributed by atoms with Crippen molar-refractivity contribution < 1.29 is 5.11 Å². The fourth-order valence-corrected chi connectivity index (χ4v) is 3.27. The van der Waals surface area contributed by atoms with Gasteiger partial charge >= 0.3 is 0 Å². The van der Waals surface area contributed by atoms with E-state index in [-0.39, 0.29) is 0 Å². The molecular formula is C25H47NO. The highest BCUT2D eigenvalue weighted by Crippen LogP contribution is 2.13. The highest BCUT2D eigenvalue weighted by Gasteiger charge is 1.94. The molecule has 0 heterocycles. The molecule has 0 amide bonds. The van der Waals surface area contributed by atoms with Crippen molar-refractivity contribution in [3.8, 4) is 0 Å². The molecule has 158 valence electrons. The standard InChI is InChI=1S/C18H38O.C7H9N/c1-2-3-4-5-6-7-8-9-10-11-12-13-14-15-16-17-18-19;8-6-7-4-2-1-3-5-7/h19H,2-18H2,1H3;1-5H,6,8H2. The van der Waals surface area contributed by atoms with Crippen LogP contribution in [-0.4, -0.2) is 11.7 Å². The average molecular weight is 378 g/mol. The molecule has 2 heteroatoms. The van der Waals surface area contributed by atoms with Crippen molar-refractivity contribution in [1.82, 2.24) is 0 Å². The second-order valence-electron chi connectivity index (χ2n) is 7.72. The van der Waals surface area contributed by atoms with E-state index in [4.69, 9.17) is 10.8 Å². The molecule has 2 nitrogen and oxygen atoms in total. The number of unbranched alkanes of at least 4 members (excludes halogenated alkanes) is 15. The van der Waals surface area contributed by atoms with Gasteiger partial charge in [0, 0.05) is 13.2 Å². The van der Waals surface area contributed by atoms with Gasteiger partial charge in [-0.25, -0.2) is 0 Å². The zero-order chi connectivity index (χ0) is 19.8. The fraction of sp³-hybridized carbons (Fsp3) is 0.760. The van der Waals surface area contributed by atoms with Gasteiger partial charge in [0.2, 0.25) is 0 Å². The maximum atomic E-state index is 8.67. The number of aliphatic hydroxyl groups is 1. The lowest BCUT2D eigenvalue weighted by Crippen LogP contribution is -1.94. The zero-order valence-electron chi connectivity index (χ0n) is 18.1. The molecule has 1 aromatic rings. The molecule has 0 aliphatic heterocycles. The Kier molecular flexibility index (Phi) is 22.4. The summed E-state index contributed by atoms with van der Waals surface area (Å²) in [5.41, 5.74) is 6.54. The Morgan fingerprint density at radius 2 is 0.963 bits per heavy atom. The molecule has 3 N–H and O–H groups in total. The summed E-state index contributed by atoms with van der Waals surface area (Å²) in [6.07, 6.45) is 22.2. The summed E-state index contributed by atoms with van der Waals surface area (Å²) in [7, 11) is 0. The van der Waals surface area contributed by atoms with E-state index in [1.54, 1.807) is 0 Å². The van der Waals surface area contributed by atoms with Crippen molar-refractivity contribution in [2.24, 2.45) is 5.73 Å². The number of rotatable bonds is 17. The fourth-order valence-electron chi connectivity index (χ4n) is 3.27. The predicted octanol–water partition coefficient (Wildman–Crippen LogP) is 7.39. The number of hydrogen-bond acceptors (Lipinski definition) is 2. The summed E-state index contributed by atoms with van der Waals surface area (Å²) in [5, 5.41) is 8.67. The van der Waals surface area contributed by atoms with Crippen LogP contribution in [0.25, 0.3) is 0 Å². The summed E-state index contributed by atoms with van der Waals surface area (Å²) < 4.78 is 0. The van der Waals surface area contributed by atoms with E-state index in [1.165, 1.54) is 102 Å². The lowest BCUT2D eigenvalue weighted by atomic mass is 10.0. The van der Waals surface area contributed by atoms with Crippen molar-refractivity contribution in [1.29, 1.82) is 0 Å². The van der Waals surface area contributed by atoms with Gasteiger partial charge in [0.15, 0.2) is 0 Å². The Hall–Kier alpha value is -0.860. The molecule has 27 heavy (non-hydrogen) atoms. The molecule has 0 atom stereocenters. The van der Waals surface area contributed by atoms with Gasteiger partial charge in [-0.2, -0.15) is 0 Å². The van der Waals surface area contributed by atoms with Gasteiger partial charge in [-0.3, -0.25) is 0 Å². The molecule has 0 fully saturated rings. The van der Waals surface area contributed by atoms with Crippen LogP contribution in [0.3, 0.4) is 0 Å². The van der Waals surface area contributed by atoms with Crippen LogP contribution in [0.2, 0.25) is 0 Å². The minimum atomic E-state index is 0.373. The molecule has 0 saturated heterocycles. The minimum absolute atomic E-state index is 0.373. The number of nitrogens with two attached hydrogens (primary N) is 1. The SMILES string of the molecule is CCCCCCCCCCCCCCCCCCO.NCc1ccccc1. The molecule has 0 aromatic heterocycles. The van der Waals surface area contributed by atoms with Gasteiger partial charge < -0.3 is 10.8 Å². The van der Waals surface area contributed by atoms with E-state index in [9.17, 15) is 0 Å². The topological polar surface area (TPSA) is 46.2 Å². The number of hydrogen-bond donors (Lipinski definition) is 2. The monoisotopic (exact) mass is 377 g/mol. The third-order valence-electron chi connectivity index (χ3n) is 5.09. The van der Waals surface area contributed by atoms with E-state index in [0.717, 1.165) is 6.42 Å². The summed E-state index contributed by atoms with van der Waals surface area (Å²) in [6.45, 7) is 3.30. The second-order valence-corrected chi connectivity index (χ2v) is 7.72. The summed E-state index contributed by atoms with van der Waals surface area (Å²) in [5.74, 6) is 0. The Morgan fingerprint density at radius 3 is 1.26 bits per heavy atom. The highest BCUT2D eigenvalue weighted by molar-refractivity contribution is 5.13. The Labute approximate surface area is 170 Å². The lowest BCUT2D eigenvalue weighted by molar-refractivity contribution is 0.282. The minimum Gasteiger partial charge on any atom is -0.396 e. The van der Waals surface area contributed by atoms with Crippen LogP contribution >= 0.6 is 0 Å². The molecule has 1 rings (SSSR count). The van der Waals surface area contributed by atoms with Crippen LogP contribution in [-0.2, 0) is 6.54 Å². The molecule has 0 spiro atoms. The number of benzene rings is 1. The third kappa shape index (κ3) is 21.3. The lowest BCUT2D eigenvalue weighted by Gasteiger charge is -2.03. The molecule has 0 aliphatic carbocycles. The van der Waals surface area contributed by atoms with Crippen molar-refractivity contribution in [3.63, 3.8) is 0 Å². The second kappa shape index (κ2) is 23.2. The molecule has 1 aromatic carbocycles. The average Bonchev–Trinajstić information content (AvgIpc) is 2.72. The number of aliphatic hydroxyl groups excluding tert-OH is 1. The van der Waals surface area contributed by atoms with Crippen molar-refractivity contribution in [2.45, 2.75) is 116 Å². The van der Waals surface area contributed by atoms with Crippen molar-refractivity contribution in [2.75, 3.05) is 6.61 Å². The van der Waals surface area contributed by atoms with Gasteiger partial charge in [0.25, 0.3) is 0 Å². The van der Waals surface area contributed by atoms with Crippen molar-refractivity contribution >= 4 is 0 Å². The van der Waals surface area contributed by atoms with E-state index in [2.05, 4.69) is 6.92 Å². The normalized spacial score (nSPS) is 10.5. The molecule has 0 saturated carbocycles. The van der Waals surface area contributed by atoms with Gasteiger partial charge in [0.05, 0.1) is 0 Å². The first kappa shape index (κ1) is 26.1. The van der Waals surface area contributed by atoms with Crippen LogP contribution in [0.15, 0.2) is 30.3 Å². The first-order chi connectivity index (χ1) is 13.3. The molecule has 0 bridgehead atoms. The van der Waals surface area contributed by atoms with Gasteiger partial charge in [-0.1, -0.05) is 134 Å².